The monoisotopic (exact) mass is 324 g/mol. The van der Waals surface area contributed by atoms with Gasteiger partial charge in [0.2, 0.25) is 0 Å². The van der Waals surface area contributed by atoms with Crippen molar-refractivity contribution in [1.29, 1.82) is 0 Å². The largest absolute Gasteiger partial charge is 0.356 e. The zero-order valence-electron chi connectivity index (χ0n) is 13.1. The molecule has 1 saturated carbocycles. The summed E-state index contributed by atoms with van der Waals surface area (Å²) >= 11 is 1.97. The number of anilines is 1. The molecule has 0 radical (unpaired) electrons. The van der Waals surface area contributed by atoms with Gasteiger partial charge < -0.3 is 9.88 Å². The smallest absolute Gasteiger partial charge is 0.142 e. The molecule has 0 spiro atoms. The fraction of sp³-hybridized carbons (Fsp3) is 0.333. The van der Waals surface area contributed by atoms with Crippen molar-refractivity contribution in [1.82, 2.24) is 15.0 Å². The highest BCUT2D eigenvalue weighted by Gasteiger charge is 2.33. The summed E-state index contributed by atoms with van der Waals surface area (Å²) < 4.78 is 0. The second-order valence-electron chi connectivity index (χ2n) is 6.16. The van der Waals surface area contributed by atoms with Gasteiger partial charge in [-0.3, -0.25) is 0 Å². The number of hydrogen-bond acceptors (Lipinski definition) is 4. The van der Waals surface area contributed by atoms with Gasteiger partial charge in [0.15, 0.2) is 0 Å². The van der Waals surface area contributed by atoms with Crippen molar-refractivity contribution in [3.05, 3.63) is 48.9 Å². The third-order valence-electron chi connectivity index (χ3n) is 4.65. The molecule has 1 aliphatic rings. The van der Waals surface area contributed by atoms with Crippen molar-refractivity contribution >= 4 is 28.6 Å². The number of thioether (sulfide) groups is 1. The molecule has 0 saturated heterocycles. The predicted molar refractivity (Wildman–Crippen MR) is 96.0 cm³/mol. The molecular formula is C18H20N4S. The highest BCUT2D eigenvalue weighted by atomic mass is 32.2. The Kier molecular flexibility index (Phi) is 3.95. The summed E-state index contributed by atoms with van der Waals surface area (Å²) in [6.07, 6.45) is 6.06. The van der Waals surface area contributed by atoms with Gasteiger partial charge in [0.1, 0.15) is 17.8 Å². The summed E-state index contributed by atoms with van der Waals surface area (Å²) in [6.45, 7) is 0. The Bertz CT molecular complexity index is 780. The summed E-state index contributed by atoms with van der Waals surface area (Å²) in [6, 6.07) is 13.3. The Hall–Kier alpha value is -2.01. The highest BCUT2D eigenvalue weighted by Crippen LogP contribution is 2.37. The molecule has 0 amide bonds. The van der Waals surface area contributed by atoms with Gasteiger partial charge in [-0.25, -0.2) is 9.97 Å². The molecule has 4 nitrogen and oxygen atoms in total. The SMILES string of the molecule is CN(c1ncnc2[nH]ccc12)C1CC(CSc2ccccc2)C1. The summed E-state index contributed by atoms with van der Waals surface area (Å²) in [5, 5.41) is 1.11. The number of aromatic nitrogens is 3. The topological polar surface area (TPSA) is 44.8 Å². The number of nitrogens with one attached hydrogen (secondary N) is 1. The molecule has 0 aliphatic heterocycles. The van der Waals surface area contributed by atoms with Crippen LogP contribution >= 0.6 is 11.8 Å². The number of H-pyrrole nitrogens is 1. The maximum Gasteiger partial charge on any atom is 0.142 e. The molecule has 1 aromatic carbocycles. The maximum absolute atomic E-state index is 4.49. The van der Waals surface area contributed by atoms with E-state index in [1.165, 1.54) is 23.5 Å². The maximum atomic E-state index is 4.49. The zero-order valence-corrected chi connectivity index (χ0v) is 14.0. The molecule has 0 atom stereocenters. The van der Waals surface area contributed by atoms with Crippen LogP contribution in [0.25, 0.3) is 11.0 Å². The Morgan fingerprint density at radius 2 is 2.00 bits per heavy atom. The number of rotatable bonds is 5. The molecule has 0 unspecified atom stereocenters. The van der Waals surface area contributed by atoms with Gasteiger partial charge >= 0.3 is 0 Å². The molecule has 1 aliphatic carbocycles. The summed E-state index contributed by atoms with van der Waals surface area (Å²) in [5.41, 5.74) is 0.914. The van der Waals surface area contributed by atoms with Gasteiger partial charge in [0.05, 0.1) is 5.39 Å². The molecule has 1 fully saturated rings. The van der Waals surface area contributed by atoms with Gasteiger partial charge in [-0.15, -0.1) is 11.8 Å². The first-order valence-electron chi connectivity index (χ1n) is 8.00. The third-order valence-corrected chi connectivity index (χ3v) is 5.90. The van der Waals surface area contributed by atoms with Gasteiger partial charge in [-0.2, -0.15) is 0 Å². The first-order valence-corrected chi connectivity index (χ1v) is 8.98. The van der Waals surface area contributed by atoms with E-state index < -0.39 is 0 Å². The van der Waals surface area contributed by atoms with Gasteiger partial charge in [0, 0.05) is 29.9 Å². The van der Waals surface area contributed by atoms with E-state index in [0.717, 1.165) is 22.8 Å². The van der Waals surface area contributed by atoms with Crippen LogP contribution in [0.5, 0.6) is 0 Å². The molecule has 1 N–H and O–H groups in total. The van der Waals surface area contributed by atoms with E-state index in [-0.39, 0.29) is 0 Å². The standard InChI is InChI=1S/C18H20N4S/c1-22(18-16-7-8-19-17(16)20-12-21-18)14-9-13(10-14)11-23-15-5-3-2-4-6-15/h2-8,12-14H,9-11H2,1H3,(H,19,20,21). The van der Waals surface area contributed by atoms with Crippen LogP contribution in [0.3, 0.4) is 0 Å². The van der Waals surface area contributed by atoms with Crippen LogP contribution in [0.4, 0.5) is 5.82 Å². The second kappa shape index (κ2) is 6.24. The molecule has 2 aromatic heterocycles. The Balaban J connectivity index is 1.35. The molecular weight excluding hydrogens is 304 g/mol. The molecule has 118 valence electrons. The van der Waals surface area contributed by atoms with Crippen molar-refractivity contribution in [2.75, 3.05) is 17.7 Å². The quantitative estimate of drug-likeness (QED) is 0.721. The van der Waals surface area contributed by atoms with Crippen molar-refractivity contribution in [2.45, 2.75) is 23.8 Å². The van der Waals surface area contributed by atoms with Crippen LogP contribution < -0.4 is 4.90 Å². The Labute approximate surface area is 140 Å². The van der Waals surface area contributed by atoms with Gasteiger partial charge in [-0.1, -0.05) is 18.2 Å². The Morgan fingerprint density at radius 3 is 2.83 bits per heavy atom. The van der Waals surface area contributed by atoms with E-state index in [2.05, 4.69) is 63.3 Å². The summed E-state index contributed by atoms with van der Waals surface area (Å²) in [5.74, 6) is 3.05. The van der Waals surface area contributed by atoms with E-state index >= 15 is 0 Å². The van der Waals surface area contributed by atoms with E-state index in [1.807, 2.05) is 18.0 Å². The molecule has 2 heterocycles. The van der Waals surface area contributed by atoms with Crippen LogP contribution in [-0.4, -0.2) is 33.8 Å². The molecule has 5 heteroatoms. The lowest BCUT2D eigenvalue weighted by molar-refractivity contribution is 0.286. The lowest BCUT2D eigenvalue weighted by atomic mass is 9.81. The highest BCUT2D eigenvalue weighted by molar-refractivity contribution is 7.99. The average molecular weight is 324 g/mol. The summed E-state index contributed by atoms with van der Waals surface area (Å²) in [4.78, 5) is 15.6. The second-order valence-corrected chi connectivity index (χ2v) is 7.26. The van der Waals surface area contributed by atoms with Crippen LogP contribution in [0.15, 0.2) is 53.8 Å². The predicted octanol–water partition coefficient (Wildman–Crippen LogP) is 3.97. The minimum atomic E-state index is 0.587. The third kappa shape index (κ3) is 2.93. The fourth-order valence-electron chi connectivity index (χ4n) is 3.20. The molecule has 0 bridgehead atoms. The zero-order chi connectivity index (χ0) is 15.6. The van der Waals surface area contributed by atoms with E-state index in [0.29, 0.717) is 6.04 Å². The van der Waals surface area contributed by atoms with Crippen molar-refractivity contribution in [3.8, 4) is 0 Å². The lowest BCUT2D eigenvalue weighted by Crippen LogP contribution is -2.43. The average Bonchev–Trinajstić information content (AvgIpc) is 3.02. The fourth-order valence-corrected chi connectivity index (χ4v) is 4.25. The molecule has 23 heavy (non-hydrogen) atoms. The minimum absolute atomic E-state index is 0.587. The Morgan fingerprint density at radius 1 is 1.17 bits per heavy atom. The lowest BCUT2D eigenvalue weighted by Gasteiger charge is -2.41. The first kappa shape index (κ1) is 14.6. The van der Waals surface area contributed by atoms with E-state index in [9.17, 15) is 0 Å². The van der Waals surface area contributed by atoms with Crippen LogP contribution in [0.2, 0.25) is 0 Å². The minimum Gasteiger partial charge on any atom is -0.356 e. The van der Waals surface area contributed by atoms with E-state index in [1.54, 1.807) is 6.33 Å². The number of fused-ring (bicyclic) bond motifs is 1. The van der Waals surface area contributed by atoms with Crippen LogP contribution in [-0.2, 0) is 0 Å². The van der Waals surface area contributed by atoms with Gasteiger partial charge in [-0.05, 0) is 37.0 Å². The summed E-state index contributed by atoms with van der Waals surface area (Å²) in [7, 11) is 2.15. The van der Waals surface area contributed by atoms with Crippen LogP contribution in [0, 0.1) is 5.92 Å². The van der Waals surface area contributed by atoms with E-state index in [4.69, 9.17) is 0 Å². The number of hydrogen-bond donors (Lipinski definition) is 1. The normalized spacial score (nSPS) is 20.4. The number of nitrogens with zero attached hydrogens (tertiary/aromatic N) is 3. The van der Waals surface area contributed by atoms with Gasteiger partial charge in [0.25, 0.3) is 0 Å². The number of aromatic amines is 1. The number of benzene rings is 1. The van der Waals surface area contributed by atoms with Crippen LogP contribution in [0.1, 0.15) is 12.8 Å². The van der Waals surface area contributed by atoms with Crippen molar-refractivity contribution < 1.29 is 0 Å². The van der Waals surface area contributed by atoms with Crippen molar-refractivity contribution in [3.63, 3.8) is 0 Å². The molecule has 4 rings (SSSR count). The first-order chi connectivity index (χ1) is 11.3. The molecule has 3 aromatic rings. The van der Waals surface area contributed by atoms with Crippen molar-refractivity contribution in [2.24, 2.45) is 5.92 Å².